The molecule has 0 radical (unpaired) electrons. The highest BCUT2D eigenvalue weighted by Crippen LogP contribution is 2.32. The average Bonchev–Trinajstić information content (AvgIpc) is 2.67. The largest absolute Gasteiger partial charge is 0.388 e. The van der Waals surface area contributed by atoms with Crippen LogP contribution in [0.2, 0.25) is 0 Å². The van der Waals surface area contributed by atoms with Crippen LogP contribution in [0.25, 0.3) is 0 Å². The molecule has 4 nitrogen and oxygen atoms in total. The Morgan fingerprint density at radius 2 is 1.78 bits per heavy atom. The van der Waals surface area contributed by atoms with Crippen molar-refractivity contribution < 1.29 is 19.7 Å². The van der Waals surface area contributed by atoms with Gasteiger partial charge in [0.25, 0.3) is 0 Å². The monoisotopic (exact) mass is 296 g/mol. The molecular formula is C12H24O4S2. The molecule has 0 amide bonds. The van der Waals surface area contributed by atoms with Crippen molar-refractivity contribution in [3.63, 3.8) is 0 Å². The zero-order valence-corrected chi connectivity index (χ0v) is 13.1. The Morgan fingerprint density at radius 3 is 2.17 bits per heavy atom. The van der Waals surface area contributed by atoms with Crippen molar-refractivity contribution in [2.45, 2.75) is 56.4 Å². The molecule has 0 bridgehead atoms. The Hall–Kier alpha value is 0.540. The molecule has 0 aliphatic carbocycles. The maximum Gasteiger partial charge on any atom is 0.163 e. The predicted molar refractivity (Wildman–Crippen MR) is 77.0 cm³/mol. The zero-order chi connectivity index (χ0) is 13.8. The van der Waals surface area contributed by atoms with E-state index < -0.39 is 24.1 Å². The molecular weight excluding hydrogens is 272 g/mol. The number of aliphatic hydroxyl groups excluding tert-OH is 2. The molecule has 0 saturated carbocycles. The van der Waals surface area contributed by atoms with E-state index in [2.05, 4.69) is 0 Å². The summed E-state index contributed by atoms with van der Waals surface area (Å²) in [6.45, 7) is 8.04. The average molecular weight is 296 g/mol. The van der Waals surface area contributed by atoms with E-state index in [-0.39, 0.29) is 4.58 Å². The first-order valence-electron chi connectivity index (χ1n) is 6.32. The first-order valence-corrected chi connectivity index (χ1v) is 8.42. The molecule has 1 heterocycles. The summed E-state index contributed by atoms with van der Waals surface area (Å²) in [6, 6.07) is 0. The van der Waals surface area contributed by atoms with Gasteiger partial charge in [0.15, 0.2) is 5.79 Å². The van der Waals surface area contributed by atoms with Crippen molar-refractivity contribution in [2.75, 3.05) is 18.1 Å². The second-order valence-corrected chi connectivity index (χ2v) is 7.76. The van der Waals surface area contributed by atoms with Crippen molar-refractivity contribution in [2.24, 2.45) is 0 Å². The fraction of sp³-hybridized carbons (Fsp3) is 1.00. The van der Waals surface area contributed by atoms with Crippen molar-refractivity contribution in [1.82, 2.24) is 0 Å². The van der Waals surface area contributed by atoms with Crippen LogP contribution in [0.5, 0.6) is 0 Å². The topological polar surface area (TPSA) is 58.9 Å². The Balaban J connectivity index is 2.55. The van der Waals surface area contributed by atoms with Gasteiger partial charge in [0.1, 0.15) is 18.3 Å². The quantitative estimate of drug-likeness (QED) is 0.697. The van der Waals surface area contributed by atoms with Gasteiger partial charge in [-0.1, -0.05) is 13.8 Å². The van der Waals surface area contributed by atoms with E-state index in [1.54, 1.807) is 23.5 Å². The number of ether oxygens (including phenoxy) is 2. The summed E-state index contributed by atoms with van der Waals surface area (Å²) in [6.07, 6.45) is -2.16. The van der Waals surface area contributed by atoms with E-state index in [1.807, 2.05) is 27.7 Å². The minimum atomic E-state index is -0.908. The molecule has 0 spiro atoms. The molecule has 1 aliphatic heterocycles. The van der Waals surface area contributed by atoms with E-state index in [4.69, 9.17) is 9.47 Å². The summed E-state index contributed by atoms with van der Waals surface area (Å²) in [4.78, 5) is 0. The van der Waals surface area contributed by atoms with E-state index in [0.29, 0.717) is 6.61 Å². The normalized spacial score (nSPS) is 26.5. The standard InChI is InChI=1S/C12H24O4S2/c1-5-17-11(18-6-2)10(14)9(13)8-7-15-12(3,4)16-8/h8-11,13-14H,5-7H2,1-4H3/t8-,9+,10-/m1/s1. The van der Waals surface area contributed by atoms with Crippen LogP contribution in [-0.2, 0) is 9.47 Å². The van der Waals surface area contributed by atoms with Gasteiger partial charge in [-0.25, -0.2) is 0 Å². The smallest absolute Gasteiger partial charge is 0.163 e. The first-order chi connectivity index (χ1) is 8.41. The van der Waals surface area contributed by atoms with Gasteiger partial charge in [-0.3, -0.25) is 0 Å². The van der Waals surface area contributed by atoms with Gasteiger partial charge in [0, 0.05) is 0 Å². The molecule has 0 unspecified atom stereocenters. The van der Waals surface area contributed by atoms with Crippen molar-refractivity contribution >= 4 is 23.5 Å². The molecule has 0 aromatic heterocycles. The molecule has 1 aliphatic rings. The zero-order valence-electron chi connectivity index (χ0n) is 11.5. The number of rotatable bonds is 7. The van der Waals surface area contributed by atoms with Crippen LogP contribution in [0.1, 0.15) is 27.7 Å². The third kappa shape index (κ3) is 4.58. The summed E-state index contributed by atoms with van der Waals surface area (Å²) in [5.41, 5.74) is 0. The minimum absolute atomic E-state index is 0.0256. The molecule has 108 valence electrons. The van der Waals surface area contributed by atoms with Crippen molar-refractivity contribution in [3.05, 3.63) is 0 Å². The summed E-state index contributed by atoms with van der Waals surface area (Å²) in [5, 5.41) is 20.4. The highest BCUT2D eigenvalue weighted by atomic mass is 32.2. The third-order valence-corrected chi connectivity index (χ3v) is 5.40. The lowest BCUT2D eigenvalue weighted by Gasteiger charge is -2.28. The molecule has 3 atom stereocenters. The fourth-order valence-electron chi connectivity index (χ4n) is 1.84. The molecule has 1 rings (SSSR count). The van der Waals surface area contributed by atoms with Gasteiger partial charge in [-0.05, 0) is 25.4 Å². The van der Waals surface area contributed by atoms with Crippen LogP contribution in [0.15, 0.2) is 0 Å². The van der Waals surface area contributed by atoms with Crippen LogP contribution >= 0.6 is 23.5 Å². The number of thioether (sulfide) groups is 2. The van der Waals surface area contributed by atoms with Crippen LogP contribution in [0.4, 0.5) is 0 Å². The Bertz CT molecular complexity index is 238. The third-order valence-electron chi connectivity index (χ3n) is 2.70. The number of aliphatic hydroxyl groups is 2. The van der Waals surface area contributed by atoms with Gasteiger partial charge < -0.3 is 19.7 Å². The maximum atomic E-state index is 10.2. The lowest BCUT2D eigenvalue weighted by molar-refractivity contribution is -0.159. The van der Waals surface area contributed by atoms with E-state index in [9.17, 15) is 10.2 Å². The van der Waals surface area contributed by atoms with E-state index in [1.165, 1.54) is 0 Å². The molecule has 18 heavy (non-hydrogen) atoms. The summed E-state index contributed by atoms with van der Waals surface area (Å²) < 4.78 is 11.0. The highest BCUT2D eigenvalue weighted by Gasteiger charge is 2.41. The maximum absolute atomic E-state index is 10.2. The number of hydrogen-bond donors (Lipinski definition) is 2. The lowest BCUT2D eigenvalue weighted by Crippen LogP contribution is -2.44. The molecule has 1 fully saturated rings. The molecule has 1 saturated heterocycles. The second-order valence-electron chi connectivity index (χ2n) is 4.63. The van der Waals surface area contributed by atoms with Gasteiger partial charge in [-0.15, -0.1) is 23.5 Å². The van der Waals surface area contributed by atoms with Crippen LogP contribution in [0.3, 0.4) is 0 Å². The van der Waals surface area contributed by atoms with Crippen LogP contribution in [0, 0.1) is 0 Å². The lowest BCUT2D eigenvalue weighted by atomic mass is 10.1. The first kappa shape index (κ1) is 16.6. The van der Waals surface area contributed by atoms with Crippen LogP contribution in [-0.4, -0.2) is 57.0 Å². The van der Waals surface area contributed by atoms with Gasteiger partial charge in [-0.2, -0.15) is 0 Å². The Labute approximate surface area is 118 Å². The SMILES string of the molecule is CCSC(SCC)[C@H](O)[C@@H](O)[C@H]1COC(C)(C)O1. The van der Waals surface area contributed by atoms with Gasteiger partial charge >= 0.3 is 0 Å². The molecule has 0 aromatic carbocycles. The summed E-state index contributed by atoms with van der Waals surface area (Å²) in [7, 11) is 0. The van der Waals surface area contributed by atoms with E-state index >= 15 is 0 Å². The van der Waals surface area contributed by atoms with Crippen LogP contribution < -0.4 is 0 Å². The molecule has 6 heteroatoms. The minimum Gasteiger partial charge on any atom is -0.388 e. The summed E-state index contributed by atoms with van der Waals surface area (Å²) in [5.74, 6) is 1.15. The number of hydrogen-bond acceptors (Lipinski definition) is 6. The molecule has 0 aromatic rings. The van der Waals surface area contributed by atoms with E-state index in [0.717, 1.165) is 11.5 Å². The Morgan fingerprint density at radius 1 is 1.22 bits per heavy atom. The summed E-state index contributed by atoms with van der Waals surface area (Å²) >= 11 is 3.31. The Kier molecular flexibility index (Phi) is 6.78. The predicted octanol–water partition coefficient (Wildman–Crippen LogP) is 1.69. The fourth-order valence-corrected chi connectivity index (χ4v) is 4.41. The van der Waals surface area contributed by atoms with Gasteiger partial charge in [0.2, 0.25) is 0 Å². The molecule has 2 N–H and O–H groups in total. The van der Waals surface area contributed by atoms with Crippen molar-refractivity contribution in [1.29, 1.82) is 0 Å². The highest BCUT2D eigenvalue weighted by molar-refractivity contribution is 8.17. The van der Waals surface area contributed by atoms with Gasteiger partial charge in [0.05, 0.1) is 11.2 Å². The van der Waals surface area contributed by atoms with Crippen molar-refractivity contribution in [3.8, 4) is 0 Å². The second kappa shape index (κ2) is 7.36.